The number of hydrogen-bond acceptors (Lipinski definition) is 2. The van der Waals surface area contributed by atoms with Crippen molar-refractivity contribution in [2.75, 3.05) is 36.0 Å². The molecule has 2 saturated heterocycles. The third kappa shape index (κ3) is 5.98. The van der Waals surface area contributed by atoms with Gasteiger partial charge < -0.3 is 9.80 Å². The Morgan fingerprint density at radius 1 is 0.315 bits per heavy atom. The van der Waals surface area contributed by atoms with Crippen molar-refractivity contribution in [1.29, 1.82) is 0 Å². The van der Waals surface area contributed by atoms with Crippen LogP contribution in [0.25, 0.3) is 93.9 Å². The van der Waals surface area contributed by atoms with Crippen LogP contribution in [0.1, 0.15) is 125 Å². The van der Waals surface area contributed by atoms with E-state index in [9.17, 15) is 0 Å². The first-order valence-corrected chi connectivity index (χ1v) is 27.5. The predicted octanol–water partition coefficient (Wildman–Crippen LogP) is 18.3. The van der Waals surface area contributed by atoms with Crippen LogP contribution in [0, 0.1) is 0 Å². The number of hydrogen-bond donors (Lipinski definition) is 0. The van der Waals surface area contributed by atoms with Crippen molar-refractivity contribution in [2.24, 2.45) is 0 Å². The number of anilines is 2. The monoisotopic (exact) mass is 945 g/mol. The molecular formula is C71H64N2. The van der Waals surface area contributed by atoms with Crippen LogP contribution in [-0.2, 0) is 16.2 Å². The maximum Gasteiger partial charge on any atom is 0.0372 e. The highest BCUT2D eigenvalue weighted by molar-refractivity contribution is 6.23. The zero-order valence-corrected chi connectivity index (χ0v) is 43.5. The first-order valence-electron chi connectivity index (χ1n) is 27.5. The van der Waals surface area contributed by atoms with Crippen molar-refractivity contribution >= 4 is 38.5 Å². The third-order valence-corrected chi connectivity index (χ3v) is 19.2. The summed E-state index contributed by atoms with van der Waals surface area (Å²) in [6.07, 6.45) is 7.59. The van der Waals surface area contributed by atoms with E-state index in [0.29, 0.717) is 0 Å². The molecule has 6 aliphatic rings. The van der Waals surface area contributed by atoms with Crippen LogP contribution >= 0.6 is 0 Å². The zero-order valence-electron chi connectivity index (χ0n) is 43.5. The van der Waals surface area contributed by atoms with E-state index in [0.717, 1.165) is 31.8 Å². The summed E-state index contributed by atoms with van der Waals surface area (Å²) in [6.45, 7) is 23.8. The molecule has 0 unspecified atom stereocenters. The fourth-order valence-corrected chi connectivity index (χ4v) is 15.2. The lowest BCUT2D eigenvalue weighted by atomic mass is 9.78. The van der Waals surface area contributed by atoms with E-state index in [1.165, 1.54) is 183 Å². The van der Waals surface area contributed by atoms with Gasteiger partial charge in [0.05, 0.1) is 0 Å². The Morgan fingerprint density at radius 2 is 0.726 bits per heavy atom. The van der Waals surface area contributed by atoms with Gasteiger partial charge in [-0.05, 0) is 238 Å². The zero-order chi connectivity index (χ0) is 49.3. The van der Waals surface area contributed by atoms with Gasteiger partial charge in [-0.3, -0.25) is 0 Å². The van der Waals surface area contributed by atoms with Gasteiger partial charge in [-0.15, -0.1) is 0 Å². The summed E-state index contributed by atoms with van der Waals surface area (Å²) in [4.78, 5) is 5.28. The van der Waals surface area contributed by atoms with Crippen LogP contribution in [0.15, 0.2) is 152 Å². The molecule has 0 atom stereocenters. The van der Waals surface area contributed by atoms with Crippen LogP contribution in [-0.4, -0.2) is 26.2 Å². The molecule has 2 heterocycles. The number of nitrogens with zero attached hydrogens (tertiary/aromatic N) is 2. The van der Waals surface area contributed by atoms with Crippen LogP contribution < -0.4 is 9.80 Å². The van der Waals surface area contributed by atoms with Gasteiger partial charge in [0.1, 0.15) is 0 Å². The lowest BCUT2D eigenvalue weighted by Gasteiger charge is -2.30. The normalized spacial score (nSPS) is 18.0. The third-order valence-electron chi connectivity index (χ3n) is 19.2. The van der Waals surface area contributed by atoms with Gasteiger partial charge >= 0.3 is 0 Å². The first-order chi connectivity index (χ1) is 35.4. The Morgan fingerprint density at radius 3 is 1.26 bits per heavy atom. The van der Waals surface area contributed by atoms with Crippen molar-refractivity contribution in [2.45, 2.75) is 96.3 Å². The maximum absolute atomic E-state index is 4.88. The van der Waals surface area contributed by atoms with Gasteiger partial charge in [-0.2, -0.15) is 0 Å². The quantitative estimate of drug-likeness (QED) is 0.162. The SMILES string of the molecule is C=C1c2cc(-c3c4ccc(N5CCCCC5)cc4c(-c4ccc5c(c4)C(C)(C)c4cc6c(cc4-5)C(C)(C)c4ccccc4-6)c4ccc(N5CCCCC5)cc34)ccc2-c2cc3c(cc21)-c1ccccc1C3(C)C. The summed E-state index contributed by atoms with van der Waals surface area (Å²) in [6, 6.07) is 58.0. The van der Waals surface area contributed by atoms with Crippen LogP contribution in [0.3, 0.4) is 0 Å². The first kappa shape index (κ1) is 43.4. The van der Waals surface area contributed by atoms with Gasteiger partial charge in [-0.25, -0.2) is 0 Å². The second kappa shape index (κ2) is 15.2. The van der Waals surface area contributed by atoms with Crippen LogP contribution in [0.4, 0.5) is 11.4 Å². The minimum atomic E-state index is -0.174. The molecule has 15 rings (SSSR count). The average Bonchev–Trinajstić information content (AvgIpc) is 4.00. The van der Waals surface area contributed by atoms with Gasteiger partial charge in [0.15, 0.2) is 0 Å². The molecule has 9 aromatic rings. The van der Waals surface area contributed by atoms with E-state index in [1.54, 1.807) is 0 Å². The van der Waals surface area contributed by atoms with E-state index in [-0.39, 0.29) is 16.2 Å². The summed E-state index contributed by atoms with van der Waals surface area (Å²) in [5.41, 5.74) is 30.7. The summed E-state index contributed by atoms with van der Waals surface area (Å²) in [5, 5.41) is 5.30. The smallest absolute Gasteiger partial charge is 0.0372 e. The van der Waals surface area contributed by atoms with Gasteiger partial charge in [0, 0.05) is 53.8 Å². The summed E-state index contributed by atoms with van der Waals surface area (Å²) in [7, 11) is 0. The Kier molecular flexibility index (Phi) is 9.04. The molecule has 0 spiro atoms. The Bertz CT molecular complexity index is 3920. The van der Waals surface area contributed by atoms with Gasteiger partial charge in [0.25, 0.3) is 0 Å². The molecule has 2 heteroatoms. The molecule has 0 N–H and O–H groups in total. The van der Waals surface area contributed by atoms with E-state index in [2.05, 4.69) is 197 Å². The lowest BCUT2D eigenvalue weighted by molar-refractivity contribution is 0.578. The minimum absolute atomic E-state index is 0.0489. The molecule has 358 valence electrons. The molecule has 0 aromatic heterocycles. The van der Waals surface area contributed by atoms with Crippen LogP contribution in [0.2, 0.25) is 0 Å². The van der Waals surface area contributed by atoms with E-state index >= 15 is 0 Å². The lowest BCUT2D eigenvalue weighted by Crippen LogP contribution is -2.29. The number of fused-ring (bicyclic) bond motifs is 14. The summed E-state index contributed by atoms with van der Waals surface area (Å²) in [5.74, 6) is 0. The fourth-order valence-electron chi connectivity index (χ4n) is 15.2. The highest BCUT2D eigenvalue weighted by Crippen LogP contribution is 2.59. The molecule has 2 aliphatic heterocycles. The predicted molar refractivity (Wildman–Crippen MR) is 311 cm³/mol. The largest absolute Gasteiger partial charge is 0.372 e. The average molecular weight is 945 g/mol. The topological polar surface area (TPSA) is 6.48 Å². The van der Waals surface area contributed by atoms with Crippen molar-refractivity contribution in [3.05, 3.63) is 197 Å². The number of piperidine rings is 2. The van der Waals surface area contributed by atoms with Crippen molar-refractivity contribution in [1.82, 2.24) is 0 Å². The number of benzene rings is 9. The Balaban J connectivity index is 0.944. The highest BCUT2D eigenvalue weighted by atomic mass is 15.1. The molecule has 2 nitrogen and oxygen atoms in total. The summed E-state index contributed by atoms with van der Waals surface area (Å²) < 4.78 is 0. The molecule has 0 amide bonds. The van der Waals surface area contributed by atoms with Crippen molar-refractivity contribution in [3.8, 4) is 66.8 Å². The minimum Gasteiger partial charge on any atom is -0.372 e. The summed E-state index contributed by atoms with van der Waals surface area (Å²) >= 11 is 0. The van der Waals surface area contributed by atoms with E-state index in [4.69, 9.17) is 6.58 Å². The van der Waals surface area contributed by atoms with Crippen molar-refractivity contribution in [3.63, 3.8) is 0 Å². The molecule has 0 bridgehead atoms. The molecular weight excluding hydrogens is 881 g/mol. The van der Waals surface area contributed by atoms with Gasteiger partial charge in [-0.1, -0.05) is 133 Å². The van der Waals surface area contributed by atoms with Crippen molar-refractivity contribution < 1.29 is 0 Å². The fraction of sp³-hybridized carbons (Fsp3) is 0.268. The molecule has 0 radical (unpaired) electrons. The second-order valence-corrected chi connectivity index (χ2v) is 24.2. The molecule has 2 fully saturated rings. The second-order valence-electron chi connectivity index (χ2n) is 24.2. The molecule has 0 saturated carbocycles. The highest BCUT2D eigenvalue weighted by Gasteiger charge is 2.42. The Labute approximate surface area is 432 Å². The number of rotatable bonds is 4. The molecule has 9 aromatic carbocycles. The van der Waals surface area contributed by atoms with Gasteiger partial charge in [0.2, 0.25) is 0 Å². The van der Waals surface area contributed by atoms with Crippen LogP contribution in [0.5, 0.6) is 0 Å². The molecule has 73 heavy (non-hydrogen) atoms. The van der Waals surface area contributed by atoms with E-state index in [1.807, 2.05) is 0 Å². The van der Waals surface area contributed by atoms with E-state index < -0.39 is 0 Å². The molecule has 4 aliphatic carbocycles. The Hall–Kier alpha value is -7.16. The standard InChI is InChI=1S/C71H64N2/c1-42-53-34-43(22-26-47(53)55-39-64-56(38-54(42)55)48-18-10-12-20-61(48)69(64,2)3)67-51-28-24-46(73-32-16-9-17-33-73)37-60(51)68(52-29-25-45(36-59(52)67)72-30-14-8-15-31-72)44-23-27-50-58-41-65-57(40-66(58)71(6,7)63(50)35-44)49-19-11-13-21-62(49)70(65,4)5/h10-13,18-29,34-41H,1,8-9,14-17,30-33H2,2-7H3. The maximum atomic E-state index is 4.88.